The van der Waals surface area contributed by atoms with Crippen LogP contribution in [-0.4, -0.2) is 40.7 Å². The minimum atomic E-state index is -0.162. The first-order chi connectivity index (χ1) is 11.2. The molecule has 0 aliphatic carbocycles. The van der Waals surface area contributed by atoms with Crippen LogP contribution in [0.25, 0.3) is 11.1 Å². The number of likely N-dealkylation sites (N-methyl/N-ethyl adjacent to an activating group) is 1. The zero-order chi connectivity index (χ0) is 16.7. The lowest BCUT2D eigenvalue weighted by Gasteiger charge is -2.23. The van der Waals surface area contributed by atoms with Crippen LogP contribution in [0, 0.1) is 0 Å². The monoisotopic (exact) mass is 313 g/mol. The van der Waals surface area contributed by atoms with Crippen molar-refractivity contribution >= 4 is 6.03 Å². The van der Waals surface area contributed by atoms with Gasteiger partial charge in [-0.15, -0.1) is 0 Å². The molecule has 5 heteroatoms. The number of aliphatic hydroxyl groups excluding tert-OH is 1. The molecule has 2 N–H and O–H groups in total. The van der Waals surface area contributed by atoms with Gasteiger partial charge in [-0.1, -0.05) is 30.3 Å². The lowest BCUT2D eigenvalue weighted by molar-refractivity contribution is 0.178. The lowest BCUT2D eigenvalue weighted by atomic mass is 10.0. The zero-order valence-electron chi connectivity index (χ0n) is 13.6. The van der Waals surface area contributed by atoms with Crippen molar-refractivity contribution in [1.29, 1.82) is 0 Å². The molecule has 0 aliphatic heterocycles. The van der Waals surface area contributed by atoms with Gasteiger partial charge in [0.25, 0.3) is 0 Å². The molecular formula is C18H23N3O2. The summed E-state index contributed by atoms with van der Waals surface area (Å²) in [5, 5.41) is 11.9. The van der Waals surface area contributed by atoms with Gasteiger partial charge in [0.1, 0.15) is 0 Å². The topological polar surface area (TPSA) is 65.5 Å². The number of hydrogen-bond acceptors (Lipinski definition) is 3. The molecule has 0 saturated carbocycles. The van der Waals surface area contributed by atoms with Crippen molar-refractivity contribution < 1.29 is 9.90 Å². The summed E-state index contributed by atoms with van der Waals surface area (Å²) in [5.41, 5.74) is 3.19. The van der Waals surface area contributed by atoms with E-state index in [1.807, 2.05) is 56.4 Å². The number of aromatic nitrogens is 1. The molecular weight excluding hydrogens is 290 g/mol. The van der Waals surface area contributed by atoms with Crippen LogP contribution >= 0.6 is 0 Å². The van der Waals surface area contributed by atoms with E-state index in [0.717, 1.165) is 16.7 Å². The molecule has 2 amide bonds. The molecule has 2 rings (SSSR count). The second-order valence-corrected chi connectivity index (χ2v) is 5.34. The molecule has 0 bridgehead atoms. The van der Waals surface area contributed by atoms with Gasteiger partial charge in [-0.2, -0.15) is 0 Å². The minimum absolute atomic E-state index is 0.0323. The zero-order valence-corrected chi connectivity index (χ0v) is 13.6. The normalized spacial score (nSPS) is 11.8. The van der Waals surface area contributed by atoms with E-state index in [0.29, 0.717) is 13.1 Å². The predicted molar refractivity (Wildman–Crippen MR) is 91.0 cm³/mol. The smallest absolute Gasteiger partial charge is 0.317 e. The highest BCUT2D eigenvalue weighted by Gasteiger charge is 2.14. The average Bonchev–Trinajstić information content (AvgIpc) is 2.60. The number of rotatable bonds is 6. The largest absolute Gasteiger partial charge is 0.395 e. The fraction of sp³-hybridized carbons (Fsp3) is 0.333. The van der Waals surface area contributed by atoms with Crippen molar-refractivity contribution in [2.75, 3.05) is 19.7 Å². The molecule has 1 atom stereocenters. The van der Waals surface area contributed by atoms with Crippen LogP contribution in [0.2, 0.25) is 0 Å². The molecule has 2 aromatic rings. The third-order valence-electron chi connectivity index (χ3n) is 3.78. The first-order valence-electron chi connectivity index (χ1n) is 7.82. The molecule has 1 aromatic heterocycles. The Balaban J connectivity index is 2.03. The van der Waals surface area contributed by atoms with Crippen LogP contribution in [0.5, 0.6) is 0 Å². The Labute approximate surface area is 137 Å². The first kappa shape index (κ1) is 17.0. The number of carbonyl (C=O) groups excluding carboxylic acids is 1. The molecule has 122 valence electrons. The number of pyridine rings is 1. The Bertz CT molecular complexity index is 614. The summed E-state index contributed by atoms with van der Waals surface area (Å²) in [6.07, 6.45) is 3.58. The molecule has 0 fully saturated rings. The van der Waals surface area contributed by atoms with Crippen LogP contribution < -0.4 is 5.32 Å². The van der Waals surface area contributed by atoms with Crippen molar-refractivity contribution in [1.82, 2.24) is 15.2 Å². The molecule has 0 saturated heterocycles. The highest BCUT2D eigenvalue weighted by molar-refractivity contribution is 5.74. The maximum Gasteiger partial charge on any atom is 0.317 e. The highest BCUT2D eigenvalue weighted by Crippen LogP contribution is 2.21. The highest BCUT2D eigenvalue weighted by atomic mass is 16.3. The van der Waals surface area contributed by atoms with Crippen LogP contribution in [0.1, 0.15) is 25.5 Å². The number of urea groups is 1. The second kappa shape index (κ2) is 8.29. The Morgan fingerprint density at radius 2 is 2.00 bits per heavy atom. The number of amides is 2. The quantitative estimate of drug-likeness (QED) is 0.862. The minimum Gasteiger partial charge on any atom is -0.395 e. The van der Waals surface area contributed by atoms with Gasteiger partial charge in [0.15, 0.2) is 0 Å². The maximum absolute atomic E-state index is 12.1. The van der Waals surface area contributed by atoms with Gasteiger partial charge in [0.05, 0.1) is 12.6 Å². The summed E-state index contributed by atoms with van der Waals surface area (Å²) in [6, 6.07) is 11.7. The summed E-state index contributed by atoms with van der Waals surface area (Å²) in [5.74, 6) is 0. The average molecular weight is 313 g/mol. The summed E-state index contributed by atoms with van der Waals surface area (Å²) < 4.78 is 0. The van der Waals surface area contributed by atoms with Crippen molar-refractivity contribution in [2.24, 2.45) is 0 Å². The van der Waals surface area contributed by atoms with E-state index in [2.05, 4.69) is 10.3 Å². The fourth-order valence-corrected chi connectivity index (χ4v) is 2.38. The number of carbonyl (C=O) groups is 1. The Kier molecular flexibility index (Phi) is 6.11. The summed E-state index contributed by atoms with van der Waals surface area (Å²) >= 11 is 0. The molecule has 0 spiro atoms. The number of nitrogens with zero attached hydrogens (tertiary/aromatic N) is 2. The lowest BCUT2D eigenvalue weighted by Crippen LogP contribution is -2.42. The Morgan fingerprint density at radius 3 is 2.57 bits per heavy atom. The van der Waals surface area contributed by atoms with Crippen molar-refractivity contribution in [2.45, 2.75) is 19.9 Å². The van der Waals surface area contributed by atoms with Crippen LogP contribution in [0.4, 0.5) is 4.79 Å². The summed E-state index contributed by atoms with van der Waals surface area (Å²) in [4.78, 5) is 17.8. The van der Waals surface area contributed by atoms with Gasteiger partial charge in [-0.05, 0) is 36.6 Å². The van der Waals surface area contributed by atoms with Gasteiger partial charge >= 0.3 is 6.03 Å². The SMILES string of the molecule is CCN(CCO)C(=O)NC(C)c1ccc(-c2cccnc2)cc1. The Morgan fingerprint density at radius 1 is 1.26 bits per heavy atom. The maximum atomic E-state index is 12.1. The first-order valence-corrected chi connectivity index (χ1v) is 7.82. The fourth-order valence-electron chi connectivity index (χ4n) is 2.38. The van der Waals surface area contributed by atoms with Gasteiger partial charge < -0.3 is 15.3 Å². The molecule has 0 aliphatic rings. The summed E-state index contributed by atoms with van der Waals surface area (Å²) in [6.45, 7) is 4.72. The second-order valence-electron chi connectivity index (χ2n) is 5.34. The van der Waals surface area contributed by atoms with Crippen molar-refractivity contribution in [3.8, 4) is 11.1 Å². The molecule has 1 heterocycles. The van der Waals surface area contributed by atoms with Gasteiger partial charge in [0.2, 0.25) is 0 Å². The number of hydrogen-bond donors (Lipinski definition) is 2. The molecule has 0 radical (unpaired) electrons. The number of aliphatic hydroxyl groups is 1. The van der Waals surface area contributed by atoms with E-state index in [1.54, 1.807) is 11.1 Å². The third kappa shape index (κ3) is 4.53. The van der Waals surface area contributed by atoms with E-state index >= 15 is 0 Å². The van der Waals surface area contributed by atoms with E-state index in [9.17, 15) is 4.79 Å². The van der Waals surface area contributed by atoms with Gasteiger partial charge in [-0.3, -0.25) is 4.98 Å². The van der Waals surface area contributed by atoms with E-state index in [4.69, 9.17) is 5.11 Å². The molecule has 1 unspecified atom stereocenters. The predicted octanol–water partition coefficient (Wildman–Crippen LogP) is 2.83. The van der Waals surface area contributed by atoms with Crippen molar-refractivity contribution in [3.05, 3.63) is 54.4 Å². The van der Waals surface area contributed by atoms with E-state index in [1.165, 1.54) is 0 Å². The Hall–Kier alpha value is -2.40. The summed E-state index contributed by atoms with van der Waals surface area (Å²) in [7, 11) is 0. The molecule has 5 nitrogen and oxygen atoms in total. The molecule has 23 heavy (non-hydrogen) atoms. The van der Waals surface area contributed by atoms with E-state index < -0.39 is 0 Å². The van der Waals surface area contributed by atoms with Crippen LogP contribution in [0.3, 0.4) is 0 Å². The van der Waals surface area contributed by atoms with E-state index in [-0.39, 0.29) is 18.7 Å². The third-order valence-corrected chi connectivity index (χ3v) is 3.78. The number of nitrogens with one attached hydrogen (secondary N) is 1. The standard InChI is InChI=1S/C18H23N3O2/c1-3-21(11-12-22)18(23)20-14(2)15-6-8-16(9-7-15)17-5-4-10-19-13-17/h4-10,13-14,22H,3,11-12H2,1-2H3,(H,20,23). The molecule has 1 aromatic carbocycles. The van der Waals surface area contributed by atoms with Gasteiger partial charge in [0, 0.05) is 25.5 Å². The van der Waals surface area contributed by atoms with Crippen molar-refractivity contribution in [3.63, 3.8) is 0 Å². The van der Waals surface area contributed by atoms with Crippen LogP contribution in [-0.2, 0) is 0 Å². The van der Waals surface area contributed by atoms with Gasteiger partial charge in [-0.25, -0.2) is 4.79 Å². The van der Waals surface area contributed by atoms with Crippen LogP contribution in [0.15, 0.2) is 48.8 Å². The number of benzene rings is 1.